The van der Waals surface area contributed by atoms with E-state index in [1.165, 1.54) is 0 Å². The fourth-order valence-corrected chi connectivity index (χ4v) is 4.16. The molecule has 5 heteroatoms. The van der Waals surface area contributed by atoms with Crippen LogP contribution in [-0.4, -0.2) is 36.2 Å². The van der Waals surface area contributed by atoms with Crippen LogP contribution in [0.25, 0.3) is 0 Å². The molecule has 3 aliphatic rings. The molecule has 0 aromatic rings. The average Bonchev–Trinajstić information content (AvgIpc) is 3.10. The van der Waals surface area contributed by atoms with Crippen LogP contribution < -0.4 is 5.32 Å². The molecule has 1 heterocycles. The highest BCUT2D eigenvalue weighted by Crippen LogP contribution is 2.52. The van der Waals surface area contributed by atoms with Crippen molar-refractivity contribution in [3.63, 3.8) is 0 Å². The van der Waals surface area contributed by atoms with Crippen LogP contribution in [0.3, 0.4) is 0 Å². The summed E-state index contributed by atoms with van der Waals surface area (Å²) in [6.07, 6.45) is 5.04. The molecule has 0 aromatic heterocycles. The van der Waals surface area contributed by atoms with E-state index >= 15 is 0 Å². The number of rotatable bonds is 4. The number of hydrogen-bond acceptors (Lipinski definition) is 3. The highest BCUT2D eigenvalue weighted by molar-refractivity contribution is 5.86. The molecule has 2 aliphatic carbocycles. The summed E-state index contributed by atoms with van der Waals surface area (Å²) in [6.45, 7) is 1.30. The molecule has 3 fully saturated rings. The molecule has 2 saturated carbocycles. The maximum Gasteiger partial charge on any atom is 0.307 e. The first-order valence-electron chi connectivity index (χ1n) is 7.29. The van der Waals surface area contributed by atoms with Gasteiger partial charge in [0.2, 0.25) is 5.91 Å². The summed E-state index contributed by atoms with van der Waals surface area (Å²) < 4.78 is 5.47. The third-order valence-electron chi connectivity index (χ3n) is 5.03. The van der Waals surface area contributed by atoms with Crippen molar-refractivity contribution in [3.05, 3.63) is 0 Å². The number of carbonyl (C=O) groups is 2. The van der Waals surface area contributed by atoms with Gasteiger partial charge in [-0.15, -0.1) is 0 Å². The summed E-state index contributed by atoms with van der Waals surface area (Å²) in [6, 6.07) is 0. The van der Waals surface area contributed by atoms with Gasteiger partial charge in [-0.1, -0.05) is 0 Å². The Labute approximate surface area is 112 Å². The first kappa shape index (κ1) is 12.9. The van der Waals surface area contributed by atoms with Crippen LogP contribution in [0.4, 0.5) is 0 Å². The quantitative estimate of drug-likeness (QED) is 0.797. The number of nitrogens with one attached hydrogen (secondary N) is 1. The van der Waals surface area contributed by atoms with Gasteiger partial charge in [-0.2, -0.15) is 0 Å². The Hall–Kier alpha value is -1.10. The summed E-state index contributed by atoms with van der Waals surface area (Å²) in [5.41, 5.74) is 0. The van der Waals surface area contributed by atoms with E-state index in [9.17, 15) is 14.7 Å². The maximum absolute atomic E-state index is 12.3. The Morgan fingerprint density at radius 3 is 2.53 bits per heavy atom. The van der Waals surface area contributed by atoms with E-state index in [-0.39, 0.29) is 29.8 Å². The van der Waals surface area contributed by atoms with Crippen LogP contribution in [0.2, 0.25) is 0 Å². The molecule has 0 spiro atoms. The zero-order chi connectivity index (χ0) is 13.4. The van der Waals surface area contributed by atoms with Gasteiger partial charge in [0.1, 0.15) is 0 Å². The van der Waals surface area contributed by atoms with Crippen LogP contribution in [0.15, 0.2) is 0 Å². The Morgan fingerprint density at radius 1 is 1.16 bits per heavy atom. The van der Waals surface area contributed by atoms with Crippen molar-refractivity contribution in [2.24, 2.45) is 23.7 Å². The number of carbonyl (C=O) groups excluding carboxylic acids is 1. The van der Waals surface area contributed by atoms with E-state index in [4.69, 9.17) is 4.74 Å². The van der Waals surface area contributed by atoms with Crippen molar-refractivity contribution in [1.29, 1.82) is 0 Å². The lowest BCUT2D eigenvalue weighted by atomic mass is 9.78. The number of aliphatic carboxylic acids is 1. The maximum atomic E-state index is 12.3. The second kappa shape index (κ2) is 5.12. The van der Waals surface area contributed by atoms with Crippen molar-refractivity contribution in [2.75, 3.05) is 13.2 Å². The highest BCUT2D eigenvalue weighted by atomic mass is 16.5. The SMILES string of the molecule is O=C(O)[C@H]1[C@H]2CC[C@H](C2)[C@@H]1C(=O)NC[C@H]1CCCO1. The Bertz CT molecular complexity index is 378. The van der Waals surface area contributed by atoms with Gasteiger partial charge < -0.3 is 15.2 Å². The number of fused-ring (bicyclic) bond motifs is 2. The molecule has 1 saturated heterocycles. The Balaban J connectivity index is 1.60. The number of carboxylic acid groups (broad SMARTS) is 1. The van der Waals surface area contributed by atoms with E-state index in [1.54, 1.807) is 0 Å². The van der Waals surface area contributed by atoms with Gasteiger partial charge >= 0.3 is 5.97 Å². The van der Waals surface area contributed by atoms with E-state index in [0.29, 0.717) is 6.54 Å². The molecule has 5 atom stereocenters. The first-order chi connectivity index (χ1) is 9.16. The molecule has 19 heavy (non-hydrogen) atoms. The molecule has 0 unspecified atom stereocenters. The molecular weight excluding hydrogens is 246 g/mol. The van der Waals surface area contributed by atoms with Gasteiger partial charge in [0.05, 0.1) is 17.9 Å². The van der Waals surface area contributed by atoms with Gasteiger partial charge in [-0.3, -0.25) is 9.59 Å². The second-order valence-electron chi connectivity index (χ2n) is 6.10. The number of hydrogen-bond donors (Lipinski definition) is 2. The number of carboxylic acids is 1. The minimum Gasteiger partial charge on any atom is -0.481 e. The molecule has 5 nitrogen and oxygen atoms in total. The smallest absolute Gasteiger partial charge is 0.307 e. The van der Waals surface area contributed by atoms with Crippen molar-refractivity contribution in [2.45, 2.75) is 38.2 Å². The predicted molar refractivity (Wildman–Crippen MR) is 67.4 cm³/mol. The van der Waals surface area contributed by atoms with Crippen molar-refractivity contribution in [1.82, 2.24) is 5.32 Å². The lowest BCUT2D eigenvalue weighted by molar-refractivity contribution is -0.149. The zero-order valence-corrected chi connectivity index (χ0v) is 11.0. The summed E-state index contributed by atoms with van der Waals surface area (Å²) in [4.78, 5) is 23.6. The molecule has 106 valence electrons. The fraction of sp³-hybridized carbons (Fsp3) is 0.857. The summed E-state index contributed by atoms with van der Waals surface area (Å²) >= 11 is 0. The Morgan fingerprint density at radius 2 is 1.89 bits per heavy atom. The molecular formula is C14H21NO4. The largest absolute Gasteiger partial charge is 0.481 e. The van der Waals surface area contributed by atoms with Crippen LogP contribution >= 0.6 is 0 Å². The molecule has 1 aliphatic heterocycles. The molecule has 2 N–H and O–H groups in total. The predicted octanol–water partition coefficient (Wildman–Crippen LogP) is 1.03. The third kappa shape index (κ3) is 2.36. The molecule has 1 amide bonds. The summed E-state index contributed by atoms with van der Waals surface area (Å²) in [7, 11) is 0. The average molecular weight is 267 g/mol. The highest BCUT2D eigenvalue weighted by Gasteiger charge is 2.53. The molecule has 2 bridgehead atoms. The molecule has 0 aromatic carbocycles. The Kier molecular flexibility index (Phi) is 3.48. The van der Waals surface area contributed by atoms with E-state index in [1.807, 2.05) is 0 Å². The minimum absolute atomic E-state index is 0.0740. The van der Waals surface area contributed by atoms with Gasteiger partial charge in [0, 0.05) is 13.2 Å². The molecule has 0 radical (unpaired) electrons. The minimum atomic E-state index is -0.801. The van der Waals surface area contributed by atoms with Gasteiger partial charge in [0.15, 0.2) is 0 Å². The molecule has 3 rings (SSSR count). The summed E-state index contributed by atoms with van der Waals surface area (Å²) in [5.74, 6) is -1.18. The van der Waals surface area contributed by atoms with E-state index in [0.717, 1.165) is 38.7 Å². The first-order valence-corrected chi connectivity index (χ1v) is 7.29. The topological polar surface area (TPSA) is 75.6 Å². The standard InChI is InChI=1S/C14H21NO4/c16-13(15-7-10-2-1-5-19-10)11-8-3-4-9(6-8)12(11)14(17)18/h8-12H,1-7H2,(H,15,16)(H,17,18)/t8-,9+,10-,11+,12+/m1/s1. The van der Waals surface area contributed by atoms with Gasteiger partial charge in [-0.25, -0.2) is 0 Å². The van der Waals surface area contributed by atoms with E-state index in [2.05, 4.69) is 5.32 Å². The van der Waals surface area contributed by atoms with Crippen LogP contribution in [0.5, 0.6) is 0 Å². The second-order valence-corrected chi connectivity index (χ2v) is 6.10. The zero-order valence-electron chi connectivity index (χ0n) is 11.0. The van der Waals surface area contributed by atoms with Crippen molar-refractivity contribution in [3.8, 4) is 0 Å². The van der Waals surface area contributed by atoms with E-state index < -0.39 is 11.9 Å². The normalized spacial score (nSPS) is 40.5. The lowest BCUT2D eigenvalue weighted by Gasteiger charge is -2.27. The lowest BCUT2D eigenvalue weighted by Crippen LogP contribution is -2.43. The van der Waals surface area contributed by atoms with Crippen molar-refractivity contribution >= 4 is 11.9 Å². The number of ether oxygens (including phenoxy) is 1. The summed E-state index contributed by atoms with van der Waals surface area (Å²) in [5, 5.41) is 12.2. The third-order valence-corrected chi connectivity index (χ3v) is 5.03. The monoisotopic (exact) mass is 267 g/mol. The van der Waals surface area contributed by atoms with Crippen LogP contribution in [-0.2, 0) is 14.3 Å². The fourth-order valence-electron chi connectivity index (χ4n) is 4.16. The van der Waals surface area contributed by atoms with Gasteiger partial charge in [-0.05, 0) is 43.9 Å². The number of amides is 1. The van der Waals surface area contributed by atoms with Crippen LogP contribution in [0, 0.1) is 23.7 Å². The van der Waals surface area contributed by atoms with Crippen LogP contribution in [0.1, 0.15) is 32.1 Å². The van der Waals surface area contributed by atoms with Gasteiger partial charge in [0.25, 0.3) is 0 Å². The van der Waals surface area contributed by atoms with Crippen molar-refractivity contribution < 1.29 is 19.4 Å².